The topological polar surface area (TPSA) is 91.4 Å². The number of carbonyl (C=O) groups is 3. The molecule has 4 rings (SSSR count). The third-order valence-corrected chi connectivity index (χ3v) is 6.81. The van der Waals surface area contributed by atoms with Gasteiger partial charge >= 0.3 is 0 Å². The highest BCUT2D eigenvalue weighted by Crippen LogP contribution is 2.35. The number of nitrogens with zero attached hydrogens (tertiary/aromatic N) is 3. The molecule has 9 nitrogen and oxygen atoms in total. The summed E-state index contributed by atoms with van der Waals surface area (Å²) in [5.41, 5.74) is 2.47. The second kappa shape index (κ2) is 10.9. The summed E-state index contributed by atoms with van der Waals surface area (Å²) in [7, 11) is 5.47. The molecule has 192 valence electrons. The van der Waals surface area contributed by atoms with Crippen molar-refractivity contribution in [1.82, 2.24) is 15.1 Å². The van der Waals surface area contributed by atoms with Crippen LogP contribution >= 0.6 is 0 Å². The van der Waals surface area contributed by atoms with Crippen molar-refractivity contribution in [2.75, 3.05) is 58.9 Å². The number of ether oxygens (including phenoxy) is 2. The van der Waals surface area contributed by atoms with Crippen LogP contribution in [-0.4, -0.2) is 87.6 Å². The Morgan fingerprint density at radius 2 is 1.83 bits per heavy atom. The SMILES string of the molecule is COc1ccc2cc1OCCCN(C(=O)c1ccc(N(C)C)cc1)CC(=O)N[C@H]1CN(C(C)=O)C[C@H]21. The van der Waals surface area contributed by atoms with E-state index in [1.807, 2.05) is 49.3 Å². The maximum absolute atomic E-state index is 13.4. The van der Waals surface area contributed by atoms with Gasteiger partial charge in [0.1, 0.15) is 0 Å². The number of benzene rings is 2. The van der Waals surface area contributed by atoms with Gasteiger partial charge in [0.2, 0.25) is 11.8 Å². The number of fused-ring (bicyclic) bond motifs is 4. The average Bonchev–Trinajstić information content (AvgIpc) is 3.29. The normalized spacial score (nSPS) is 20.2. The van der Waals surface area contributed by atoms with E-state index in [2.05, 4.69) is 5.32 Å². The Labute approximate surface area is 211 Å². The Kier molecular flexibility index (Phi) is 7.67. The van der Waals surface area contributed by atoms with Crippen LogP contribution in [0.1, 0.15) is 35.2 Å². The van der Waals surface area contributed by atoms with Crippen molar-refractivity contribution in [3.05, 3.63) is 53.6 Å². The number of hydrogen-bond donors (Lipinski definition) is 1. The van der Waals surface area contributed by atoms with Gasteiger partial charge < -0.3 is 29.5 Å². The van der Waals surface area contributed by atoms with Crippen molar-refractivity contribution in [3.63, 3.8) is 0 Å². The molecule has 2 atom stereocenters. The van der Waals surface area contributed by atoms with Gasteiger partial charge in [0.15, 0.2) is 11.5 Å². The van der Waals surface area contributed by atoms with E-state index in [9.17, 15) is 14.4 Å². The number of nitrogens with one attached hydrogen (secondary N) is 1. The van der Waals surface area contributed by atoms with Crippen LogP contribution in [0.4, 0.5) is 5.69 Å². The van der Waals surface area contributed by atoms with E-state index in [1.54, 1.807) is 29.0 Å². The quantitative estimate of drug-likeness (QED) is 0.703. The lowest BCUT2D eigenvalue weighted by Gasteiger charge is -2.25. The van der Waals surface area contributed by atoms with Crippen molar-refractivity contribution in [1.29, 1.82) is 0 Å². The molecule has 2 aliphatic rings. The van der Waals surface area contributed by atoms with Crippen LogP contribution in [0.2, 0.25) is 0 Å². The van der Waals surface area contributed by atoms with Crippen LogP contribution in [0.25, 0.3) is 0 Å². The molecule has 1 saturated heterocycles. The number of methoxy groups -OCH3 is 1. The third-order valence-electron chi connectivity index (χ3n) is 6.81. The van der Waals surface area contributed by atoms with Gasteiger partial charge in [0, 0.05) is 57.8 Å². The minimum Gasteiger partial charge on any atom is -0.493 e. The molecule has 0 aliphatic carbocycles. The monoisotopic (exact) mass is 494 g/mol. The first kappa shape index (κ1) is 25.3. The summed E-state index contributed by atoms with van der Waals surface area (Å²) in [6, 6.07) is 12.8. The summed E-state index contributed by atoms with van der Waals surface area (Å²) in [5.74, 6) is 0.622. The molecular weight excluding hydrogens is 460 g/mol. The van der Waals surface area contributed by atoms with Crippen LogP contribution in [0.3, 0.4) is 0 Å². The van der Waals surface area contributed by atoms with Gasteiger partial charge in [0.05, 0.1) is 26.3 Å². The number of amides is 3. The van der Waals surface area contributed by atoms with E-state index >= 15 is 0 Å². The molecule has 3 amide bonds. The smallest absolute Gasteiger partial charge is 0.254 e. The van der Waals surface area contributed by atoms with Crippen molar-refractivity contribution >= 4 is 23.4 Å². The molecule has 0 aromatic heterocycles. The summed E-state index contributed by atoms with van der Waals surface area (Å²) in [6.45, 7) is 3.08. The first-order valence-electron chi connectivity index (χ1n) is 12.2. The first-order chi connectivity index (χ1) is 17.3. The molecule has 2 aliphatic heterocycles. The summed E-state index contributed by atoms with van der Waals surface area (Å²) < 4.78 is 11.5. The van der Waals surface area contributed by atoms with Gasteiger partial charge in [-0.3, -0.25) is 14.4 Å². The molecule has 0 spiro atoms. The van der Waals surface area contributed by atoms with Crippen molar-refractivity contribution in [2.45, 2.75) is 25.3 Å². The fraction of sp³-hybridized carbons (Fsp3) is 0.444. The molecule has 2 heterocycles. The van der Waals surface area contributed by atoms with Crippen LogP contribution in [0.5, 0.6) is 11.5 Å². The Morgan fingerprint density at radius 3 is 2.50 bits per heavy atom. The molecule has 36 heavy (non-hydrogen) atoms. The van der Waals surface area contributed by atoms with E-state index < -0.39 is 0 Å². The van der Waals surface area contributed by atoms with Crippen LogP contribution in [0, 0.1) is 0 Å². The molecular formula is C27H34N4O5. The van der Waals surface area contributed by atoms with Crippen molar-refractivity contribution < 1.29 is 23.9 Å². The molecule has 2 aromatic carbocycles. The van der Waals surface area contributed by atoms with Crippen molar-refractivity contribution in [3.8, 4) is 11.5 Å². The summed E-state index contributed by atoms with van der Waals surface area (Å²) in [4.78, 5) is 43.9. The van der Waals surface area contributed by atoms with E-state index in [0.29, 0.717) is 49.7 Å². The highest BCUT2D eigenvalue weighted by Gasteiger charge is 2.37. The fourth-order valence-corrected chi connectivity index (χ4v) is 4.78. The molecule has 0 saturated carbocycles. The Hall–Kier alpha value is -3.75. The summed E-state index contributed by atoms with van der Waals surface area (Å²) >= 11 is 0. The lowest BCUT2D eigenvalue weighted by molar-refractivity contribution is -0.128. The second-order valence-corrected chi connectivity index (χ2v) is 9.48. The first-order valence-corrected chi connectivity index (χ1v) is 12.2. The minimum absolute atomic E-state index is 0.0409. The van der Waals surface area contributed by atoms with Gasteiger partial charge in [-0.15, -0.1) is 0 Å². The maximum Gasteiger partial charge on any atom is 0.254 e. The summed E-state index contributed by atoms with van der Waals surface area (Å²) in [5, 5.41) is 3.09. The van der Waals surface area contributed by atoms with E-state index in [4.69, 9.17) is 9.47 Å². The molecule has 0 radical (unpaired) electrons. The number of anilines is 1. The maximum atomic E-state index is 13.4. The third kappa shape index (κ3) is 5.56. The van der Waals surface area contributed by atoms with Crippen LogP contribution < -0.4 is 19.7 Å². The minimum atomic E-state index is -0.278. The van der Waals surface area contributed by atoms with E-state index in [-0.39, 0.29) is 36.2 Å². The molecule has 0 unspecified atom stereocenters. The van der Waals surface area contributed by atoms with Gasteiger partial charge in [-0.25, -0.2) is 0 Å². The fourth-order valence-electron chi connectivity index (χ4n) is 4.78. The molecule has 9 heteroatoms. The standard InChI is InChI=1S/C27H34N4O5/c1-18(32)31-15-22-20-8-11-24(35-4)25(14-20)36-13-5-12-30(17-26(33)28-23(22)16-31)27(34)19-6-9-21(10-7-19)29(2)3/h6-11,14,22-23H,5,12-13,15-17H2,1-4H3,(H,28,33)/t22-,23+/m1/s1. The zero-order valence-electron chi connectivity index (χ0n) is 21.3. The van der Waals surface area contributed by atoms with Gasteiger partial charge in [-0.1, -0.05) is 6.07 Å². The number of likely N-dealkylation sites (tertiary alicyclic amines) is 1. The van der Waals surface area contributed by atoms with Gasteiger partial charge in [0.25, 0.3) is 5.91 Å². The average molecular weight is 495 g/mol. The Bertz CT molecular complexity index is 1120. The predicted octanol–water partition coefficient (Wildman–Crippen LogP) is 2.12. The van der Waals surface area contributed by atoms with E-state index in [1.165, 1.54) is 6.92 Å². The largest absolute Gasteiger partial charge is 0.493 e. The van der Waals surface area contributed by atoms with Gasteiger partial charge in [-0.2, -0.15) is 0 Å². The lowest BCUT2D eigenvalue weighted by Crippen LogP contribution is -2.47. The van der Waals surface area contributed by atoms with Gasteiger partial charge in [-0.05, 0) is 48.4 Å². The molecule has 2 bridgehead atoms. The molecule has 1 N–H and O–H groups in total. The lowest BCUT2D eigenvalue weighted by atomic mass is 9.94. The summed E-state index contributed by atoms with van der Waals surface area (Å²) in [6.07, 6.45) is 0.549. The zero-order chi connectivity index (χ0) is 25.8. The predicted molar refractivity (Wildman–Crippen MR) is 137 cm³/mol. The highest BCUT2D eigenvalue weighted by atomic mass is 16.5. The molecule has 1 fully saturated rings. The second-order valence-electron chi connectivity index (χ2n) is 9.48. The number of hydrogen-bond acceptors (Lipinski definition) is 6. The number of carbonyl (C=O) groups excluding carboxylic acids is 3. The highest BCUT2D eigenvalue weighted by molar-refractivity contribution is 5.97. The van der Waals surface area contributed by atoms with Crippen LogP contribution in [0.15, 0.2) is 42.5 Å². The Morgan fingerprint density at radius 1 is 1.08 bits per heavy atom. The zero-order valence-corrected chi connectivity index (χ0v) is 21.3. The number of rotatable bonds is 3. The van der Waals surface area contributed by atoms with Crippen LogP contribution in [-0.2, 0) is 9.59 Å². The Balaban J connectivity index is 1.60. The molecule has 2 aromatic rings. The van der Waals surface area contributed by atoms with Crippen molar-refractivity contribution in [2.24, 2.45) is 0 Å². The van der Waals surface area contributed by atoms with E-state index in [0.717, 1.165) is 11.3 Å².